The van der Waals surface area contributed by atoms with Gasteiger partial charge in [0.2, 0.25) is 5.89 Å². The number of nitrogens with zero attached hydrogens (tertiary/aromatic N) is 2. The number of aromatic hydroxyl groups is 1. The molecule has 5 heteroatoms. The van der Waals surface area contributed by atoms with E-state index in [1.807, 2.05) is 79.7 Å². The maximum absolute atomic E-state index is 10.4. The molecule has 0 amide bonds. The highest BCUT2D eigenvalue weighted by Crippen LogP contribution is 2.34. The molecule has 33 heavy (non-hydrogen) atoms. The van der Waals surface area contributed by atoms with Crippen LogP contribution in [-0.2, 0) is 6.61 Å². The lowest BCUT2D eigenvalue weighted by atomic mass is 10.1. The summed E-state index contributed by atoms with van der Waals surface area (Å²) >= 11 is 0. The third-order valence-electron chi connectivity index (χ3n) is 5.25. The minimum absolute atomic E-state index is 0.0946. The second-order valence-electron chi connectivity index (χ2n) is 7.79. The first-order chi connectivity index (χ1) is 16.1. The summed E-state index contributed by atoms with van der Waals surface area (Å²) in [5.74, 6) is 1.26. The summed E-state index contributed by atoms with van der Waals surface area (Å²) in [7, 11) is 0. The van der Waals surface area contributed by atoms with E-state index in [0.29, 0.717) is 29.3 Å². The van der Waals surface area contributed by atoms with Crippen LogP contribution in [-0.4, -0.2) is 16.3 Å². The van der Waals surface area contributed by atoms with Gasteiger partial charge in [-0.2, -0.15) is 0 Å². The summed E-state index contributed by atoms with van der Waals surface area (Å²) in [6.07, 6.45) is 1.77. The summed E-state index contributed by atoms with van der Waals surface area (Å²) in [6, 6.07) is 28.7. The molecule has 0 fully saturated rings. The van der Waals surface area contributed by atoms with Crippen molar-refractivity contribution in [1.82, 2.24) is 4.98 Å². The zero-order valence-corrected chi connectivity index (χ0v) is 18.1. The van der Waals surface area contributed by atoms with Gasteiger partial charge in [0.15, 0.2) is 5.58 Å². The second-order valence-corrected chi connectivity index (χ2v) is 7.79. The number of aliphatic imine (C=N–C) groups is 1. The number of fused-ring (bicyclic) bond motifs is 1. The van der Waals surface area contributed by atoms with Crippen LogP contribution in [0.2, 0.25) is 0 Å². The number of hydrogen-bond donors (Lipinski definition) is 1. The molecule has 5 aromatic rings. The van der Waals surface area contributed by atoms with Gasteiger partial charge in [0.25, 0.3) is 0 Å². The zero-order valence-electron chi connectivity index (χ0n) is 18.1. The summed E-state index contributed by atoms with van der Waals surface area (Å²) in [6.45, 7) is 2.52. The van der Waals surface area contributed by atoms with Crippen LogP contribution < -0.4 is 4.74 Å². The Labute approximate surface area is 191 Å². The molecule has 0 aliphatic carbocycles. The van der Waals surface area contributed by atoms with Gasteiger partial charge in [0.05, 0.1) is 11.3 Å². The van der Waals surface area contributed by atoms with E-state index >= 15 is 0 Å². The lowest BCUT2D eigenvalue weighted by molar-refractivity contribution is 0.306. The Morgan fingerprint density at radius 2 is 1.76 bits per heavy atom. The SMILES string of the molecule is Cc1ccc2nc(-c3cc(N=Cc4ccc(OCc5ccccc5)cc4)ccc3O)oc2c1. The highest BCUT2D eigenvalue weighted by molar-refractivity contribution is 5.83. The third kappa shape index (κ3) is 4.77. The van der Waals surface area contributed by atoms with Gasteiger partial charge in [-0.1, -0.05) is 36.4 Å². The van der Waals surface area contributed by atoms with Gasteiger partial charge in [-0.25, -0.2) is 4.98 Å². The predicted octanol–water partition coefficient (Wildman–Crippen LogP) is 6.84. The number of phenols is 1. The molecule has 1 aromatic heterocycles. The van der Waals surface area contributed by atoms with E-state index in [-0.39, 0.29) is 5.75 Å². The van der Waals surface area contributed by atoms with E-state index < -0.39 is 0 Å². The highest BCUT2D eigenvalue weighted by Gasteiger charge is 2.13. The lowest BCUT2D eigenvalue weighted by Crippen LogP contribution is -1.94. The predicted molar refractivity (Wildman–Crippen MR) is 130 cm³/mol. The molecule has 0 saturated carbocycles. The molecule has 0 aliphatic rings. The van der Waals surface area contributed by atoms with E-state index in [0.717, 1.165) is 28.0 Å². The van der Waals surface area contributed by atoms with Crippen LogP contribution in [0.1, 0.15) is 16.7 Å². The number of aryl methyl sites for hydroxylation is 1. The van der Waals surface area contributed by atoms with Crippen LogP contribution in [0.4, 0.5) is 5.69 Å². The lowest BCUT2D eigenvalue weighted by Gasteiger charge is -2.06. The molecular weight excluding hydrogens is 412 g/mol. The van der Waals surface area contributed by atoms with Crippen LogP contribution in [0, 0.1) is 6.92 Å². The van der Waals surface area contributed by atoms with E-state index in [4.69, 9.17) is 9.15 Å². The van der Waals surface area contributed by atoms with Crippen molar-refractivity contribution in [1.29, 1.82) is 0 Å². The number of hydrogen-bond acceptors (Lipinski definition) is 5. The van der Waals surface area contributed by atoms with Crippen LogP contribution in [0.3, 0.4) is 0 Å². The standard InChI is InChI=1S/C28H22N2O3/c1-19-7-13-25-27(15-19)33-28(30-25)24-16-22(10-14-26(24)31)29-17-20-8-11-23(12-9-20)32-18-21-5-3-2-4-6-21/h2-17,31H,18H2,1H3. The minimum Gasteiger partial charge on any atom is -0.507 e. The van der Waals surface area contributed by atoms with Crippen molar-refractivity contribution < 1.29 is 14.3 Å². The topological polar surface area (TPSA) is 67.9 Å². The fraction of sp³-hybridized carbons (Fsp3) is 0.0714. The van der Waals surface area contributed by atoms with Crippen molar-refractivity contribution in [2.24, 2.45) is 4.99 Å². The van der Waals surface area contributed by atoms with Gasteiger partial charge in [-0.3, -0.25) is 4.99 Å². The molecule has 0 radical (unpaired) electrons. The van der Waals surface area contributed by atoms with Crippen molar-refractivity contribution >= 4 is 23.0 Å². The second kappa shape index (κ2) is 9.01. The first-order valence-electron chi connectivity index (χ1n) is 10.7. The number of phenolic OH excluding ortho intramolecular Hbond substituents is 1. The van der Waals surface area contributed by atoms with Gasteiger partial charge in [-0.05, 0) is 78.2 Å². The zero-order chi connectivity index (χ0) is 22.6. The Balaban J connectivity index is 1.31. The first-order valence-corrected chi connectivity index (χ1v) is 10.7. The summed E-state index contributed by atoms with van der Waals surface area (Å²) in [5.41, 5.74) is 5.78. The Morgan fingerprint density at radius 1 is 0.939 bits per heavy atom. The quantitative estimate of drug-likeness (QED) is 0.297. The van der Waals surface area contributed by atoms with Crippen molar-refractivity contribution in [3.63, 3.8) is 0 Å². The molecular formula is C28H22N2O3. The van der Waals surface area contributed by atoms with Crippen LogP contribution >= 0.6 is 0 Å². The normalized spacial score (nSPS) is 11.3. The molecule has 0 spiro atoms. The molecule has 162 valence electrons. The fourth-order valence-electron chi connectivity index (χ4n) is 3.46. The van der Waals surface area contributed by atoms with Crippen LogP contribution in [0.25, 0.3) is 22.6 Å². The minimum atomic E-state index is 0.0946. The molecule has 0 aliphatic heterocycles. The largest absolute Gasteiger partial charge is 0.507 e. The summed E-state index contributed by atoms with van der Waals surface area (Å²) in [4.78, 5) is 9.05. The average molecular weight is 434 g/mol. The molecule has 0 atom stereocenters. The van der Waals surface area contributed by atoms with Crippen molar-refractivity contribution in [3.8, 4) is 23.0 Å². The Hall–Kier alpha value is -4.38. The van der Waals surface area contributed by atoms with Gasteiger partial charge < -0.3 is 14.3 Å². The molecule has 1 heterocycles. The van der Waals surface area contributed by atoms with Crippen molar-refractivity contribution in [2.45, 2.75) is 13.5 Å². The van der Waals surface area contributed by atoms with E-state index in [1.165, 1.54) is 0 Å². The van der Waals surface area contributed by atoms with Crippen LogP contribution in [0.5, 0.6) is 11.5 Å². The number of rotatable bonds is 6. The Morgan fingerprint density at radius 3 is 2.58 bits per heavy atom. The molecule has 0 bridgehead atoms. The molecule has 0 unspecified atom stereocenters. The molecule has 5 nitrogen and oxygen atoms in total. The van der Waals surface area contributed by atoms with E-state index in [9.17, 15) is 5.11 Å². The molecule has 4 aromatic carbocycles. The smallest absolute Gasteiger partial charge is 0.231 e. The number of benzene rings is 4. The van der Waals surface area contributed by atoms with Crippen molar-refractivity contribution in [2.75, 3.05) is 0 Å². The average Bonchev–Trinajstić information content (AvgIpc) is 3.26. The molecule has 5 rings (SSSR count). The maximum atomic E-state index is 10.4. The third-order valence-corrected chi connectivity index (χ3v) is 5.25. The van der Waals surface area contributed by atoms with Gasteiger partial charge in [0, 0.05) is 6.21 Å². The van der Waals surface area contributed by atoms with Crippen molar-refractivity contribution in [3.05, 3.63) is 108 Å². The number of aromatic nitrogens is 1. The number of ether oxygens (including phenoxy) is 1. The summed E-state index contributed by atoms with van der Waals surface area (Å²) in [5, 5.41) is 10.4. The van der Waals surface area contributed by atoms with Gasteiger partial charge >= 0.3 is 0 Å². The van der Waals surface area contributed by atoms with E-state index in [1.54, 1.807) is 24.4 Å². The highest BCUT2D eigenvalue weighted by atomic mass is 16.5. The van der Waals surface area contributed by atoms with E-state index in [2.05, 4.69) is 9.98 Å². The fourth-order valence-corrected chi connectivity index (χ4v) is 3.46. The summed E-state index contributed by atoms with van der Waals surface area (Å²) < 4.78 is 11.7. The molecule has 1 N–H and O–H groups in total. The number of oxazole rings is 1. The van der Waals surface area contributed by atoms with Gasteiger partial charge in [0.1, 0.15) is 23.6 Å². The Bertz CT molecular complexity index is 1420. The maximum Gasteiger partial charge on any atom is 0.231 e. The molecule has 0 saturated heterocycles. The monoisotopic (exact) mass is 434 g/mol. The first kappa shape index (κ1) is 20.5. The van der Waals surface area contributed by atoms with Gasteiger partial charge in [-0.15, -0.1) is 0 Å². The Kier molecular flexibility index (Phi) is 5.60. The van der Waals surface area contributed by atoms with Crippen LogP contribution in [0.15, 0.2) is 100 Å².